The van der Waals surface area contributed by atoms with Crippen LogP contribution in [0.15, 0.2) is 69.2 Å². The lowest BCUT2D eigenvalue weighted by Gasteiger charge is -2.03. The Bertz CT molecular complexity index is 1090. The average Bonchev–Trinajstić information content (AvgIpc) is 3.10. The molecule has 0 aliphatic carbocycles. The molecule has 0 bridgehead atoms. The molecule has 0 spiro atoms. The van der Waals surface area contributed by atoms with Gasteiger partial charge in [-0.2, -0.15) is 0 Å². The molecule has 4 rings (SSSR count). The Hall–Kier alpha value is -2.93. The predicted octanol–water partition coefficient (Wildman–Crippen LogP) is 3.35. The van der Waals surface area contributed by atoms with E-state index in [0.29, 0.717) is 28.2 Å². The van der Waals surface area contributed by atoms with E-state index in [2.05, 4.69) is 15.2 Å². The molecule has 7 heteroatoms. The molecule has 25 heavy (non-hydrogen) atoms. The topological polar surface area (TPSA) is 73.3 Å². The number of aryl methyl sites for hydroxylation is 1. The first-order valence-corrected chi connectivity index (χ1v) is 8.68. The van der Waals surface area contributed by atoms with Crippen LogP contribution in [0.3, 0.4) is 0 Å². The van der Waals surface area contributed by atoms with Gasteiger partial charge in [-0.1, -0.05) is 36.0 Å². The van der Waals surface area contributed by atoms with Crippen LogP contribution in [0.2, 0.25) is 0 Å². The molecule has 4 aromatic rings. The van der Waals surface area contributed by atoms with Crippen molar-refractivity contribution < 1.29 is 4.42 Å². The van der Waals surface area contributed by atoms with Crippen LogP contribution in [0.25, 0.3) is 17.1 Å². The number of pyridine rings is 1. The molecule has 0 saturated carbocycles. The Labute approximate surface area is 147 Å². The van der Waals surface area contributed by atoms with E-state index in [9.17, 15) is 4.79 Å². The lowest BCUT2D eigenvalue weighted by atomic mass is 10.2. The van der Waals surface area contributed by atoms with Gasteiger partial charge < -0.3 is 4.42 Å². The summed E-state index contributed by atoms with van der Waals surface area (Å²) in [5.41, 5.74) is 3.10. The van der Waals surface area contributed by atoms with E-state index < -0.39 is 0 Å². The van der Waals surface area contributed by atoms with Crippen LogP contribution in [-0.2, 0) is 5.75 Å². The van der Waals surface area contributed by atoms with Crippen molar-refractivity contribution in [2.45, 2.75) is 17.9 Å². The van der Waals surface area contributed by atoms with Gasteiger partial charge in [0.05, 0.1) is 5.69 Å². The summed E-state index contributed by atoms with van der Waals surface area (Å²) in [5.74, 6) is 0.959. The van der Waals surface area contributed by atoms with Gasteiger partial charge in [-0.05, 0) is 30.7 Å². The second-order valence-electron chi connectivity index (χ2n) is 5.55. The third-order valence-corrected chi connectivity index (χ3v) is 4.48. The number of aromatic nitrogens is 4. The van der Waals surface area contributed by atoms with Crippen molar-refractivity contribution in [2.75, 3.05) is 0 Å². The lowest BCUT2D eigenvalue weighted by molar-refractivity contribution is 0.466. The van der Waals surface area contributed by atoms with Gasteiger partial charge in [0.25, 0.3) is 10.8 Å². The number of hydrogen-bond donors (Lipinski definition) is 0. The van der Waals surface area contributed by atoms with E-state index in [0.717, 1.165) is 11.1 Å². The number of hydrogen-bond acceptors (Lipinski definition) is 6. The van der Waals surface area contributed by atoms with Gasteiger partial charge in [0.15, 0.2) is 0 Å². The van der Waals surface area contributed by atoms with Crippen molar-refractivity contribution >= 4 is 17.4 Å². The summed E-state index contributed by atoms with van der Waals surface area (Å²) in [6.45, 7) is 1.94. The molecule has 0 saturated heterocycles. The first-order chi connectivity index (χ1) is 12.2. The summed E-state index contributed by atoms with van der Waals surface area (Å²) < 4.78 is 7.20. The van der Waals surface area contributed by atoms with Gasteiger partial charge in [-0.3, -0.25) is 9.20 Å². The monoisotopic (exact) mass is 350 g/mol. The van der Waals surface area contributed by atoms with Gasteiger partial charge in [-0.25, -0.2) is 4.98 Å². The van der Waals surface area contributed by atoms with Crippen molar-refractivity contribution in [3.05, 3.63) is 76.3 Å². The molecule has 0 N–H and O–H groups in total. The highest BCUT2D eigenvalue weighted by atomic mass is 32.2. The highest BCUT2D eigenvalue weighted by molar-refractivity contribution is 7.98. The van der Waals surface area contributed by atoms with E-state index in [1.165, 1.54) is 17.8 Å². The molecule has 0 atom stereocenters. The molecule has 0 aliphatic heterocycles. The Morgan fingerprint density at radius 2 is 1.96 bits per heavy atom. The van der Waals surface area contributed by atoms with Crippen molar-refractivity contribution in [1.29, 1.82) is 0 Å². The maximum Gasteiger partial charge on any atom is 0.277 e. The number of thioether (sulfide) groups is 1. The third kappa shape index (κ3) is 3.32. The molecular weight excluding hydrogens is 336 g/mol. The summed E-state index contributed by atoms with van der Waals surface area (Å²) in [7, 11) is 0. The normalized spacial score (nSPS) is 11.1. The summed E-state index contributed by atoms with van der Waals surface area (Å²) in [6, 6.07) is 14.9. The molecule has 0 amide bonds. The van der Waals surface area contributed by atoms with Gasteiger partial charge >= 0.3 is 0 Å². The Morgan fingerprint density at radius 3 is 2.80 bits per heavy atom. The minimum atomic E-state index is -0.0974. The van der Waals surface area contributed by atoms with Crippen molar-refractivity contribution in [1.82, 2.24) is 19.6 Å². The molecule has 3 heterocycles. The van der Waals surface area contributed by atoms with E-state index in [1.54, 1.807) is 10.6 Å². The molecule has 0 unspecified atom stereocenters. The van der Waals surface area contributed by atoms with Gasteiger partial charge in [0.1, 0.15) is 5.65 Å². The van der Waals surface area contributed by atoms with Crippen molar-refractivity contribution in [3.8, 4) is 11.5 Å². The second kappa shape index (κ2) is 6.52. The molecule has 124 valence electrons. The fraction of sp³-hybridized carbons (Fsp3) is 0.111. The zero-order valence-corrected chi connectivity index (χ0v) is 14.2. The van der Waals surface area contributed by atoms with E-state index in [4.69, 9.17) is 4.42 Å². The summed E-state index contributed by atoms with van der Waals surface area (Å²) >= 11 is 1.36. The fourth-order valence-electron chi connectivity index (χ4n) is 2.43. The van der Waals surface area contributed by atoms with Crippen LogP contribution >= 0.6 is 11.8 Å². The smallest absolute Gasteiger partial charge is 0.277 e. The zero-order valence-electron chi connectivity index (χ0n) is 13.4. The molecule has 0 aliphatic rings. The molecule has 1 aromatic carbocycles. The minimum absolute atomic E-state index is 0.0974. The fourth-order valence-corrected chi connectivity index (χ4v) is 3.09. The Balaban J connectivity index is 1.54. The number of benzene rings is 1. The molecule has 3 aromatic heterocycles. The summed E-state index contributed by atoms with van der Waals surface area (Å²) in [6.07, 6.45) is 1.78. The van der Waals surface area contributed by atoms with Crippen LogP contribution < -0.4 is 5.56 Å². The van der Waals surface area contributed by atoms with E-state index in [1.807, 2.05) is 49.4 Å². The number of fused-ring (bicyclic) bond motifs is 1. The average molecular weight is 350 g/mol. The van der Waals surface area contributed by atoms with Crippen molar-refractivity contribution in [3.63, 3.8) is 0 Å². The minimum Gasteiger partial charge on any atom is -0.411 e. The van der Waals surface area contributed by atoms with E-state index in [-0.39, 0.29) is 5.56 Å². The lowest BCUT2D eigenvalue weighted by Crippen LogP contribution is -2.15. The Morgan fingerprint density at radius 1 is 1.12 bits per heavy atom. The maximum absolute atomic E-state index is 12.2. The largest absolute Gasteiger partial charge is 0.411 e. The molecule has 6 nitrogen and oxygen atoms in total. The van der Waals surface area contributed by atoms with Gasteiger partial charge in [-0.15, -0.1) is 10.2 Å². The van der Waals surface area contributed by atoms with Crippen LogP contribution in [0.1, 0.15) is 11.3 Å². The van der Waals surface area contributed by atoms with Crippen LogP contribution in [0, 0.1) is 6.92 Å². The first-order valence-electron chi connectivity index (χ1n) is 7.70. The number of nitrogens with zero attached hydrogens (tertiary/aromatic N) is 4. The predicted molar refractivity (Wildman–Crippen MR) is 95.5 cm³/mol. The SMILES string of the molecule is Cc1ccc2nc(CSc3nnc(-c4ccccc4)o3)cc(=O)n2c1. The van der Waals surface area contributed by atoms with Crippen LogP contribution in [-0.4, -0.2) is 19.6 Å². The maximum atomic E-state index is 12.2. The standard InChI is InChI=1S/C18H14N4O2S/c1-12-7-8-15-19-14(9-16(23)22(15)10-12)11-25-18-21-20-17(24-18)13-5-3-2-4-6-13/h2-10H,11H2,1H3. The van der Waals surface area contributed by atoms with Crippen LogP contribution in [0.5, 0.6) is 0 Å². The number of rotatable bonds is 4. The summed E-state index contributed by atoms with van der Waals surface area (Å²) in [4.78, 5) is 16.7. The quantitative estimate of drug-likeness (QED) is 0.526. The van der Waals surface area contributed by atoms with Gasteiger partial charge in [0.2, 0.25) is 5.89 Å². The van der Waals surface area contributed by atoms with Gasteiger partial charge in [0, 0.05) is 23.6 Å². The van der Waals surface area contributed by atoms with E-state index >= 15 is 0 Å². The van der Waals surface area contributed by atoms with Crippen LogP contribution in [0.4, 0.5) is 0 Å². The summed E-state index contributed by atoms with van der Waals surface area (Å²) in [5, 5.41) is 8.54. The zero-order chi connectivity index (χ0) is 17.2. The molecular formula is C18H14N4O2S. The Kier molecular flexibility index (Phi) is 4.07. The van der Waals surface area contributed by atoms with Crippen molar-refractivity contribution in [2.24, 2.45) is 0 Å². The second-order valence-corrected chi connectivity index (χ2v) is 6.47. The molecule has 0 fully saturated rings. The highest BCUT2D eigenvalue weighted by Crippen LogP contribution is 2.24. The third-order valence-electron chi connectivity index (χ3n) is 3.63. The first kappa shape index (κ1) is 15.6. The molecule has 0 radical (unpaired) electrons. The highest BCUT2D eigenvalue weighted by Gasteiger charge is 2.10.